The molecule has 0 saturated heterocycles. The minimum atomic E-state index is -0.178. The molecule has 19 heavy (non-hydrogen) atoms. The van der Waals surface area contributed by atoms with Crippen molar-refractivity contribution < 1.29 is 4.79 Å². The van der Waals surface area contributed by atoms with Gasteiger partial charge in [0, 0.05) is 23.2 Å². The second-order valence-corrected chi connectivity index (χ2v) is 5.16. The highest BCUT2D eigenvalue weighted by Gasteiger charge is 2.26. The van der Waals surface area contributed by atoms with E-state index in [1.54, 1.807) is 0 Å². The lowest BCUT2D eigenvalue weighted by atomic mass is 10.2. The van der Waals surface area contributed by atoms with Gasteiger partial charge >= 0.3 is 0 Å². The Hall–Kier alpha value is -1.81. The minimum Gasteiger partial charge on any atom is -0.347 e. The van der Waals surface area contributed by atoms with E-state index in [4.69, 9.17) is 11.6 Å². The van der Waals surface area contributed by atoms with Crippen LogP contribution < -0.4 is 5.32 Å². The van der Waals surface area contributed by atoms with E-state index < -0.39 is 0 Å². The number of hydrogen-bond donors (Lipinski definition) is 2. The minimum absolute atomic E-state index is 0.178. The Bertz CT molecular complexity index is 604. The molecule has 0 spiro atoms. The van der Waals surface area contributed by atoms with Crippen LogP contribution in [0.3, 0.4) is 0 Å². The van der Waals surface area contributed by atoms with Gasteiger partial charge < -0.3 is 5.32 Å². The van der Waals surface area contributed by atoms with Crippen LogP contribution in [0.4, 0.5) is 0 Å². The summed E-state index contributed by atoms with van der Waals surface area (Å²) in [6, 6.07) is 9.29. The largest absolute Gasteiger partial charge is 0.347 e. The highest BCUT2D eigenvalue weighted by Crippen LogP contribution is 2.38. The number of rotatable bonds is 4. The average Bonchev–Trinajstić information content (AvgIpc) is 3.15. The van der Waals surface area contributed by atoms with E-state index in [2.05, 4.69) is 15.5 Å². The van der Waals surface area contributed by atoms with E-state index in [0.717, 1.165) is 11.3 Å². The van der Waals surface area contributed by atoms with Crippen molar-refractivity contribution in [1.82, 2.24) is 15.5 Å². The number of H-pyrrole nitrogens is 1. The van der Waals surface area contributed by atoms with Crippen LogP contribution in [-0.4, -0.2) is 16.1 Å². The second-order valence-electron chi connectivity index (χ2n) is 4.76. The van der Waals surface area contributed by atoms with E-state index in [1.807, 2.05) is 30.3 Å². The van der Waals surface area contributed by atoms with Gasteiger partial charge in [-0.2, -0.15) is 5.10 Å². The van der Waals surface area contributed by atoms with Gasteiger partial charge in [0.25, 0.3) is 5.91 Å². The van der Waals surface area contributed by atoms with Gasteiger partial charge in [0.2, 0.25) is 0 Å². The van der Waals surface area contributed by atoms with Crippen LogP contribution >= 0.6 is 11.6 Å². The van der Waals surface area contributed by atoms with E-state index in [0.29, 0.717) is 23.2 Å². The van der Waals surface area contributed by atoms with E-state index >= 15 is 0 Å². The van der Waals surface area contributed by atoms with Crippen LogP contribution in [0.5, 0.6) is 0 Å². The van der Waals surface area contributed by atoms with Crippen LogP contribution in [0.25, 0.3) is 0 Å². The molecule has 5 heteroatoms. The molecule has 0 radical (unpaired) electrons. The van der Waals surface area contributed by atoms with Gasteiger partial charge in [0.1, 0.15) is 5.69 Å². The SMILES string of the molecule is O=C(NCc1ccccc1Cl)c1cc(C2CC2)[nH]n1. The van der Waals surface area contributed by atoms with Crippen molar-refractivity contribution in [2.75, 3.05) is 0 Å². The number of aromatic amines is 1. The first-order valence-electron chi connectivity index (χ1n) is 6.31. The zero-order chi connectivity index (χ0) is 13.2. The van der Waals surface area contributed by atoms with Gasteiger partial charge in [-0.1, -0.05) is 29.8 Å². The molecule has 98 valence electrons. The maximum atomic E-state index is 11.9. The van der Waals surface area contributed by atoms with Gasteiger partial charge in [-0.15, -0.1) is 0 Å². The molecule has 0 aliphatic heterocycles. The summed E-state index contributed by atoms with van der Waals surface area (Å²) < 4.78 is 0. The second kappa shape index (κ2) is 5.05. The van der Waals surface area contributed by atoms with Gasteiger partial charge in [-0.05, 0) is 30.5 Å². The summed E-state index contributed by atoms with van der Waals surface area (Å²) in [7, 11) is 0. The van der Waals surface area contributed by atoms with Crippen molar-refractivity contribution in [3.63, 3.8) is 0 Å². The molecule has 2 aromatic rings. The molecule has 1 aromatic heterocycles. The topological polar surface area (TPSA) is 57.8 Å². The standard InChI is InChI=1S/C14H14ClN3O/c15-11-4-2-1-3-10(11)8-16-14(19)13-7-12(17-18-13)9-5-6-9/h1-4,7,9H,5-6,8H2,(H,16,19)(H,17,18). The van der Waals surface area contributed by atoms with Crippen LogP contribution in [-0.2, 0) is 6.54 Å². The Morgan fingerprint density at radius 3 is 2.95 bits per heavy atom. The summed E-state index contributed by atoms with van der Waals surface area (Å²) >= 11 is 6.03. The molecular formula is C14H14ClN3O. The Labute approximate surface area is 116 Å². The van der Waals surface area contributed by atoms with E-state index in [1.165, 1.54) is 12.8 Å². The number of aromatic nitrogens is 2. The van der Waals surface area contributed by atoms with Crippen molar-refractivity contribution >= 4 is 17.5 Å². The fourth-order valence-electron chi connectivity index (χ4n) is 1.96. The third-order valence-corrected chi connectivity index (χ3v) is 3.61. The van der Waals surface area contributed by atoms with Crippen molar-refractivity contribution in [2.24, 2.45) is 0 Å². The van der Waals surface area contributed by atoms with Crippen LogP contribution in [0.1, 0.15) is 40.5 Å². The zero-order valence-corrected chi connectivity index (χ0v) is 11.1. The first-order valence-corrected chi connectivity index (χ1v) is 6.69. The third-order valence-electron chi connectivity index (χ3n) is 3.24. The zero-order valence-electron chi connectivity index (χ0n) is 10.3. The number of benzene rings is 1. The molecule has 4 nitrogen and oxygen atoms in total. The fourth-order valence-corrected chi connectivity index (χ4v) is 2.17. The molecule has 1 fully saturated rings. The van der Waals surface area contributed by atoms with Gasteiger partial charge in [-0.25, -0.2) is 0 Å². The number of carbonyl (C=O) groups excluding carboxylic acids is 1. The smallest absolute Gasteiger partial charge is 0.272 e. The number of nitrogens with one attached hydrogen (secondary N) is 2. The first-order chi connectivity index (χ1) is 9.24. The monoisotopic (exact) mass is 275 g/mol. The highest BCUT2D eigenvalue weighted by molar-refractivity contribution is 6.31. The molecule has 1 aliphatic carbocycles. The molecule has 2 N–H and O–H groups in total. The Morgan fingerprint density at radius 2 is 2.21 bits per heavy atom. The Kier molecular flexibility index (Phi) is 3.25. The summed E-state index contributed by atoms with van der Waals surface area (Å²) in [6.07, 6.45) is 2.37. The third kappa shape index (κ3) is 2.79. The van der Waals surface area contributed by atoms with E-state index in [-0.39, 0.29) is 5.91 Å². The lowest BCUT2D eigenvalue weighted by molar-refractivity contribution is 0.0946. The van der Waals surface area contributed by atoms with Gasteiger partial charge in [0.05, 0.1) is 0 Å². The van der Waals surface area contributed by atoms with Crippen molar-refractivity contribution in [3.05, 3.63) is 52.3 Å². The van der Waals surface area contributed by atoms with Crippen molar-refractivity contribution in [3.8, 4) is 0 Å². The predicted molar refractivity (Wildman–Crippen MR) is 73.2 cm³/mol. The fraction of sp³-hybridized carbons (Fsp3) is 0.286. The highest BCUT2D eigenvalue weighted by atomic mass is 35.5. The quantitative estimate of drug-likeness (QED) is 0.901. The molecule has 3 rings (SSSR count). The average molecular weight is 276 g/mol. The molecular weight excluding hydrogens is 262 g/mol. The van der Waals surface area contributed by atoms with Crippen LogP contribution in [0.15, 0.2) is 30.3 Å². The van der Waals surface area contributed by atoms with Gasteiger partial charge in [0.15, 0.2) is 0 Å². The van der Waals surface area contributed by atoms with Crippen LogP contribution in [0.2, 0.25) is 5.02 Å². The molecule has 1 aromatic carbocycles. The molecule has 0 bridgehead atoms. The molecule has 0 atom stereocenters. The number of amides is 1. The lowest BCUT2D eigenvalue weighted by Crippen LogP contribution is -2.23. The summed E-state index contributed by atoms with van der Waals surface area (Å²) in [6.45, 7) is 0.407. The normalized spacial score (nSPS) is 14.4. The van der Waals surface area contributed by atoms with Gasteiger partial charge in [-0.3, -0.25) is 9.89 Å². The molecule has 1 saturated carbocycles. The molecule has 1 heterocycles. The number of nitrogens with zero attached hydrogens (tertiary/aromatic N) is 1. The molecule has 1 aliphatic rings. The summed E-state index contributed by atoms with van der Waals surface area (Å²) in [5.41, 5.74) is 2.40. The summed E-state index contributed by atoms with van der Waals surface area (Å²) in [4.78, 5) is 11.9. The maximum Gasteiger partial charge on any atom is 0.272 e. The van der Waals surface area contributed by atoms with E-state index in [9.17, 15) is 4.79 Å². The maximum absolute atomic E-state index is 11.9. The number of halogens is 1. The molecule has 0 unspecified atom stereocenters. The van der Waals surface area contributed by atoms with Crippen molar-refractivity contribution in [2.45, 2.75) is 25.3 Å². The van der Waals surface area contributed by atoms with Crippen molar-refractivity contribution in [1.29, 1.82) is 0 Å². The number of carbonyl (C=O) groups is 1. The number of hydrogen-bond acceptors (Lipinski definition) is 2. The Balaban J connectivity index is 1.63. The summed E-state index contributed by atoms with van der Waals surface area (Å²) in [5, 5.41) is 10.4. The molecule has 1 amide bonds. The first kappa shape index (κ1) is 12.2. The lowest BCUT2D eigenvalue weighted by Gasteiger charge is -2.04. The Morgan fingerprint density at radius 1 is 1.42 bits per heavy atom. The summed E-state index contributed by atoms with van der Waals surface area (Å²) in [5.74, 6) is 0.390. The van der Waals surface area contributed by atoms with Crippen LogP contribution in [0, 0.1) is 0 Å². The predicted octanol–water partition coefficient (Wildman–Crippen LogP) is 2.87.